The molecule has 9 aliphatic rings. The predicted molar refractivity (Wildman–Crippen MR) is 73.6 cm³/mol. The summed E-state index contributed by atoms with van der Waals surface area (Å²) in [4.78, 5) is 51.1. The molecule has 6 atom stereocenters. The smallest absolute Gasteiger partial charge is 0.321 e. The second-order valence-electron chi connectivity index (χ2n) is 8.61. The van der Waals surface area contributed by atoms with Crippen LogP contribution in [0.4, 0.5) is 0 Å². The minimum atomic E-state index is -0.935. The van der Waals surface area contributed by atoms with Crippen molar-refractivity contribution in [3.63, 3.8) is 0 Å². The van der Waals surface area contributed by atoms with Gasteiger partial charge in [0, 0.05) is 10.8 Å². The summed E-state index contributed by atoms with van der Waals surface area (Å²) in [5.74, 6) is -3.07. The number of hydrogen-bond acceptors (Lipinski definition) is 6. The minimum Gasteiger partial charge on any atom is -0.393 e. The number of ether oxygens (including phenoxy) is 2. The van der Waals surface area contributed by atoms with E-state index in [1.807, 2.05) is 0 Å². The van der Waals surface area contributed by atoms with Gasteiger partial charge in [-0.05, 0) is 38.5 Å². The highest BCUT2D eigenvalue weighted by Crippen LogP contribution is 2.98. The zero-order chi connectivity index (χ0) is 16.3. The Morgan fingerprint density at radius 2 is 1.42 bits per heavy atom. The van der Waals surface area contributed by atoms with Crippen molar-refractivity contribution in [3.05, 3.63) is 11.1 Å². The summed E-state index contributed by atoms with van der Waals surface area (Å²) < 4.78 is 10.3. The second kappa shape index (κ2) is 2.89. The standard InChI is InChI=1S/C18H14O6/c19-11-9-10(12(20)23-11)16-6-18(16)14(22)24-13(21)17(18)5-3-8(16)7-2-1-4-15(7,9)17/h9-10H,1-6H2/t9-,10-,15-,16+,17+,18-/m1/s1. The lowest BCUT2D eigenvalue weighted by atomic mass is 9.33. The lowest BCUT2D eigenvalue weighted by molar-refractivity contribution is -0.179. The van der Waals surface area contributed by atoms with Crippen LogP contribution in [0.1, 0.15) is 38.5 Å². The molecule has 0 N–H and O–H groups in total. The molecule has 9 rings (SSSR count). The zero-order valence-corrected chi connectivity index (χ0v) is 12.8. The van der Waals surface area contributed by atoms with Crippen molar-refractivity contribution < 1.29 is 28.7 Å². The summed E-state index contributed by atoms with van der Waals surface area (Å²) in [5, 5.41) is 0. The third-order valence-electron chi connectivity index (χ3n) is 8.85. The molecule has 6 fully saturated rings. The number of carbonyl (C=O) groups is 4. The van der Waals surface area contributed by atoms with E-state index in [-0.39, 0.29) is 0 Å². The van der Waals surface area contributed by atoms with Crippen LogP contribution in [0.3, 0.4) is 0 Å². The third-order valence-corrected chi connectivity index (χ3v) is 8.85. The lowest BCUT2D eigenvalue weighted by Gasteiger charge is -2.64. The van der Waals surface area contributed by atoms with Gasteiger partial charge in [-0.1, -0.05) is 11.1 Å². The van der Waals surface area contributed by atoms with Crippen LogP contribution in [-0.2, 0) is 28.7 Å². The molecule has 7 aliphatic carbocycles. The topological polar surface area (TPSA) is 86.7 Å². The second-order valence-corrected chi connectivity index (χ2v) is 8.61. The maximum absolute atomic E-state index is 13.0. The molecule has 0 aromatic rings. The molecule has 122 valence electrons. The van der Waals surface area contributed by atoms with E-state index in [9.17, 15) is 19.2 Å². The molecule has 4 saturated carbocycles. The van der Waals surface area contributed by atoms with Gasteiger partial charge in [0.05, 0.1) is 22.7 Å². The van der Waals surface area contributed by atoms with Crippen molar-refractivity contribution in [1.29, 1.82) is 0 Å². The fourth-order valence-electron chi connectivity index (χ4n) is 8.64. The van der Waals surface area contributed by atoms with Gasteiger partial charge in [0.15, 0.2) is 0 Å². The van der Waals surface area contributed by atoms with Gasteiger partial charge in [0.1, 0.15) is 0 Å². The Balaban J connectivity index is 1.70. The van der Waals surface area contributed by atoms with E-state index in [1.165, 1.54) is 11.1 Å². The molecule has 0 aromatic heterocycles. The van der Waals surface area contributed by atoms with Crippen LogP contribution in [0.25, 0.3) is 0 Å². The van der Waals surface area contributed by atoms with Gasteiger partial charge in [0.2, 0.25) is 0 Å². The van der Waals surface area contributed by atoms with Gasteiger partial charge in [0.25, 0.3) is 0 Å². The molecule has 4 spiro atoms. The summed E-state index contributed by atoms with van der Waals surface area (Å²) in [6.07, 6.45) is 4.22. The summed E-state index contributed by atoms with van der Waals surface area (Å²) >= 11 is 0. The Kier molecular flexibility index (Phi) is 1.49. The molecule has 2 saturated heterocycles. The quantitative estimate of drug-likeness (QED) is 0.375. The van der Waals surface area contributed by atoms with Crippen molar-refractivity contribution in [2.45, 2.75) is 38.5 Å². The van der Waals surface area contributed by atoms with Crippen LogP contribution in [0.15, 0.2) is 11.1 Å². The molecular weight excluding hydrogens is 312 g/mol. The van der Waals surface area contributed by atoms with Crippen molar-refractivity contribution in [3.8, 4) is 0 Å². The fraction of sp³-hybridized carbons (Fsp3) is 0.667. The Hall–Kier alpha value is -1.98. The van der Waals surface area contributed by atoms with Gasteiger partial charge in [-0.3, -0.25) is 19.2 Å². The first kappa shape index (κ1) is 12.4. The van der Waals surface area contributed by atoms with E-state index in [0.29, 0.717) is 19.3 Å². The van der Waals surface area contributed by atoms with Crippen LogP contribution in [0.2, 0.25) is 0 Å². The van der Waals surface area contributed by atoms with E-state index < -0.39 is 57.4 Å². The highest BCUT2D eigenvalue weighted by Gasteiger charge is 3.02. The van der Waals surface area contributed by atoms with Gasteiger partial charge in [-0.25, -0.2) is 0 Å². The molecule has 24 heavy (non-hydrogen) atoms. The number of cyclic esters (lactones) is 4. The van der Waals surface area contributed by atoms with Crippen LogP contribution >= 0.6 is 0 Å². The van der Waals surface area contributed by atoms with E-state index in [2.05, 4.69) is 0 Å². The van der Waals surface area contributed by atoms with E-state index in [0.717, 1.165) is 19.3 Å². The average molecular weight is 326 g/mol. The summed E-state index contributed by atoms with van der Waals surface area (Å²) in [5.41, 5.74) is -0.832. The van der Waals surface area contributed by atoms with Gasteiger partial charge < -0.3 is 9.47 Å². The third kappa shape index (κ3) is 0.696. The molecular formula is C18H14O6. The summed E-state index contributed by atoms with van der Waals surface area (Å²) in [6, 6.07) is 0. The largest absolute Gasteiger partial charge is 0.393 e. The Bertz CT molecular complexity index is 899. The van der Waals surface area contributed by atoms with Crippen molar-refractivity contribution in [2.75, 3.05) is 0 Å². The molecule has 0 unspecified atom stereocenters. The normalized spacial score (nSPS) is 57.7. The maximum Gasteiger partial charge on any atom is 0.321 e. The molecule has 6 heteroatoms. The van der Waals surface area contributed by atoms with Gasteiger partial charge in [-0.2, -0.15) is 0 Å². The van der Waals surface area contributed by atoms with Crippen LogP contribution in [0, 0.1) is 33.5 Å². The first-order chi connectivity index (χ1) is 11.5. The molecule has 0 radical (unpaired) electrons. The van der Waals surface area contributed by atoms with Crippen LogP contribution in [0.5, 0.6) is 0 Å². The van der Waals surface area contributed by atoms with Crippen LogP contribution < -0.4 is 0 Å². The molecule has 2 aliphatic heterocycles. The number of rotatable bonds is 0. The molecule has 2 heterocycles. The lowest BCUT2D eigenvalue weighted by Crippen LogP contribution is -2.68. The molecule has 0 aromatic carbocycles. The van der Waals surface area contributed by atoms with Gasteiger partial charge >= 0.3 is 23.9 Å². The molecule has 6 nitrogen and oxygen atoms in total. The monoisotopic (exact) mass is 326 g/mol. The first-order valence-electron chi connectivity index (χ1n) is 8.74. The summed E-state index contributed by atoms with van der Waals surface area (Å²) in [7, 11) is 0. The van der Waals surface area contributed by atoms with E-state index in [4.69, 9.17) is 9.47 Å². The Morgan fingerprint density at radius 3 is 2.21 bits per heavy atom. The fourth-order valence-corrected chi connectivity index (χ4v) is 8.64. The van der Waals surface area contributed by atoms with Crippen molar-refractivity contribution in [1.82, 2.24) is 0 Å². The Morgan fingerprint density at radius 1 is 0.750 bits per heavy atom. The molecule has 0 amide bonds. The maximum atomic E-state index is 13.0. The summed E-state index contributed by atoms with van der Waals surface area (Å²) in [6.45, 7) is 0. The van der Waals surface area contributed by atoms with Crippen molar-refractivity contribution >= 4 is 23.9 Å². The van der Waals surface area contributed by atoms with Gasteiger partial charge in [-0.15, -0.1) is 0 Å². The number of allylic oxidation sites excluding steroid dienone is 2. The number of esters is 4. The first-order valence-corrected chi connectivity index (χ1v) is 8.74. The minimum absolute atomic E-state index is 0.446. The number of hydrogen-bond donors (Lipinski definition) is 0. The predicted octanol–water partition coefficient (Wildman–Crippen LogP) is 1.04. The Labute approximate surface area is 136 Å². The average Bonchev–Trinajstić information content (AvgIpc) is 2.79. The van der Waals surface area contributed by atoms with E-state index in [1.54, 1.807) is 0 Å². The SMILES string of the molecule is O=C1OC(=O)[C@H]2[C@H]1[C@@]13C[C@@]14C(=O)OC(=O)[C@]41CCC3=C3CCC[C@@]321. The molecule has 4 bridgehead atoms. The number of fused-ring (bicyclic) bond motifs is 1. The van der Waals surface area contributed by atoms with E-state index >= 15 is 0 Å². The highest BCUT2D eigenvalue weighted by molar-refractivity contribution is 6.12. The zero-order valence-electron chi connectivity index (χ0n) is 12.8. The van der Waals surface area contributed by atoms with Crippen LogP contribution in [-0.4, -0.2) is 23.9 Å². The highest BCUT2D eigenvalue weighted by atomic mass is 16.6. The number of carbonyl (C=O) groups excluding carboxylic acids is 4. The van der Waals surface area contributed by atoms with Crippen molar-refractivity contribution in [2.24, 2.45) is 33.5 Å².